The molecule has 2 fully saturated rings. The Balaban J connectivity index is 1.51. The minimum absolute atomic E-state index is 0.0774. The van der Waals surface area contributed by atoms with Crippen molar-refractivity contribution in [3.63, 3.8) is 0 Å². The number of aryl methyl sites for hydroxylation is 2. The zero-order chi connectivity index (χ0) is 19.4. The third-order valence-corrected chi connectivity index (χ3v) is 6.98. The maximum atomic E-state index is 12.6. The molecule has 0 bridgehead atoms. The van der Waals surface area contributed by atoms with Crippen LogP contribution in [0.2, 0.25) is 0 Å². The van der Waals surface area contributed by atoms with E-state index in [-0.39, 0.29) is 12.0 Å². The van der Waals surface area contributed by atoms with E-state index in [2.05, 4.69) is 23.7 Å². The van der Waals surface area contributed by atoms with Crippen LogP contribution in [-0.4, -0.2) is 73.3 Å². The van der Waals surface area contributed by atoms with Crippen molar-refractivity contribution >= 4 is 17.2 Å². The molecule has 7 heteroatoms. The summed E-state index contributed by atoms with van der Waals surface area (Å²) >= 11 is 1.81. The highest BCUT2D eigenvalue weighted by atomic mass is 32.1. The molecule has 2 aliphatic heterocycles. The number of rotatable bonds is 8. The number of amides is 1. The number of likely N-dealkylation sites (tertiary alicyclic amines) is 1. The third kappa shape index (κ3) is 5.08. The van der Waals surface area contributed by atoms with Crippen LogP contribution in [0, 0.1) is 25.7 Å². The summed E-state index contributed by atoms with van der Waals surface area (Å²) in [5.74, 6) is 1.24. The van der Waals surface area contributed by atoms with Crippen molar-refractivity contribution in [2.45, 2.75) is 46.3 Å². The van der Waals surface area contributed by atoms with Crippen molar-refractivity contribution in [1.82, 2.24) is 14.8 Å². The Hall–Kier alpha value is -1.02. The summed E-state index contributed by atoms with van der Waals surface area (Å²) < 4.78 is 11.2. The molecule has 3 atom stereocenters. The van der Waals surface area contributed by atoms with Gasteiger partial charge in [-0.15, -0.1) is 11.3 Å². The number of ether oxygens (including phenoxy) is 2. The fraction of sp³-hybridized carbons (Fsp3) is 0.800. The summed E-state index contributed by atoms with van der Waals surface area (Å²) in [5.41, 5.74) is 1.17. The topological polar surface area (TPSA) is 54.9 Å². The first-order valence-electron chi connectivity index (χ1n) is 10.0. The first-order chi connectivity index (χ1) is 13.0. The second-order valence-corrected chi connectivity index (χ2v) is 9.02. The van der Waals surface area contributed by atoms with Gasteiger partial charge in [0.25, 0.3) is 0 Å². The number of likely N-dealkylation sites (N-methyl/N-ethyl adjacent to an activating group) is 1. The molecule has 0 unspecified atom stereocenters. The summed E-state index contributed by atoms with van der Waals surface area (Å²) in [6, 6.07) is 0. The molecule has 1 aromatic rings. The van der Waals surface area contributed by atoms with E-state index < -0.39 is 0 Å². The predicted octanol–water partition coefficient (Wildman–Crippen LogP) is 2.48. The van der Waals surface area contributed by atoms with Gasteiger partial charge in [0.1, 0.15) is 0 Å². The minimum Gasteiger partial charge on any atom is -0.383 e. The van der Waals surface area contributed by atoms with Crippen LogP contribution >= 0.6 is 11.3 Å². The monoisotopic (exact) mass is 395 g/mol. The average molecular weight is 396 g/mol. The molecule has 0 saturated carbocycles. The molecule has 152 valence electrons. The summed E-state index contributed by atoms with van der Waals surface area (Å²) in [4.78, 5) is 23.0. The lowest BCUT2D eigenvalue weighted by atomic mass is 9.83. The smallest absolute Gasteiger partial charge is 0.225 e. The van der Waals surface area contributed by atoms with E-state index in [1.54, 1.807) is 7.11 Å². The number of carbonyl (C=O) groups is 1. The Morgan fingerprint density at radius 2 is 2.26 bits per heavy atom. The van der Waals surface area contributed by atoms with Crippen LogP contribution in [0.1, 0.15) is 35.3 Å². The van der Waals surface area contributed by atoms with E-state index in [0.29, 0.717) is 31.4 Å². The molecule has 2 saturated heterocycles. The quantitative estimate of drug-likeness (QED) is 0.677. The molecule has 0 N–H and O–H groups in total. The molecule has 27 heavy (non-hydrogen) atoms. The van der Waals surface area contributed by atoms with Crippen molar-refractivity contribution in [2.75, 3.05) is 46.5 Å². The highest BCUT2D eigenvalue weighted by Gasteiger charge is 2.41. The fourth-order valence-electron chi connectivity index (χ4n) is 4.40. The van der Waals surface area contributed by atoms with Crippen LogP contribution in [-0.2, 0) is 20.8 Å². The van der Waals surface area contributed by atoms with Crippen molar-refractivity contribution < 1.29 is 14.3 Å². The molecule has 3 rings (SSSR count). The zero-order valence-electron chi connectivity index (χ0n) is 17.1. The van der Waals surface area contributed by atoms with Crippen LogP contribution in [0.3, 0.4) is 0 Å². The van der Waals surface area contributed by atoms with E-state index in [4.69, 9.17) is 9.47 Å². The van der Waals surface area contributed by atoms with Crippen LogP contribution in [0.25, 0.3) is 0 Å². The lowest BCUT2D eigenvalue weighted by molar-refractivity contribution is -0.134. The minimum atomic E-state index is 0.0774. The van der Waals surface area contributed by atoms with Crippen molar-refractivity contribution in [1.29, 1.82) is 0 Å². The van der Waals surface area contributed by atoms with Crippen LogP contribution in [0.5, 0.6) is 0 Å². The molecule has 1 amide bonds. The van der Waals surface area contributed by atoms with E-state index >= 15 is 0 Å². The lowest BCUT2D eigenvalue weighted by Gasteiger charge is -2.35. The van der Waals surface area contributed by atoms with Gasteiger partial charge in [-0.25, -0.2) is 4.98 Å². The molecular formula is C20H33N3O3S. The standard InChI is InChI=1S/C20H33N3O3S/c1-5-23(8-9-25-4)20(24)10-18-17-6-7-22(11-16(17)13-26-18)12-19-14(2)21-15(3)27-19/h16-18H,5-13H2,1-4H3/t16-,17-,18+/m1/s1. The molecule has 6 nitrogen and oxygen atoms in total. The number of fused-ring (bicyclic) bond motifs is 1. The first kappa shape index (κ1) is 20.7. The number of piperidine rings is 1. The number of hydrogen-bond donors (Lipinski definition) is 0. The Bertz CT molecular complexity index is 636. The summed E-state index contributed by atoms with van der Waals surface area (Å²) in [7, 11) is 1.67. The maximum Gasteiger partial charge on any atom is 0.225 e. The largest absolute Gasteiger partial charge is 0.383 e. The second-order valence-electron chi connectivity index (χ2n) is 7.73. The molecule has 0 radical (unpaired) electrons. The maximum absolute atomic E-state index is 12.6. The van der Waals surface area contributed by atoms with Gasteiger partial charge in [0.2, 0.25) is 5.91 Å². The zero-order valence-corrected chi connectivity index (χ0v) is 17.9. The Labute approximate surface area is 166 Å². The normalized spacial score (nSPS) is 25.6. The van der Waals surface area contributed by atoms with Gasteiger partial charge in [-0.2, -0.15) is 0 Å². The van der Waals surface area contributed by atoms with Crippen LogP contribution in [0.15, 0.2) is 0 Å². The average Bonchev–Trinajstić information content (AvgIpc) is 3.18. The highest BCUT2D eigenvalue weighted by molar-refractivity contribution is 7.11. The lowest BCUT2D eigenvalue weighted by Crippen LogP contribution is -2.42. The van der Waals surface area contributed by atoms with Gasteiger partial charge in [-0.1, -0.05) is 0 Å². The fourth-order valence-corrected chi connectivity index (χ4v) is 5.38. The summed E-state index contributed by atoms with van der Waals surface area (Å²) in [6.45, 7) is 12.1. The SMILES string of the molecule is CCN(CCOC)C(=O)C[C@@H]1OC[C@H]2CN(Cc3sc(C)nc3C)CC[C@H]21. The van der Waals surface area contributed by atoms with E-state index in [1.165, 1.54) is 10.6 Å². The molecule has 3 heterocycles. The number of thiazole rings is 1. The van der Waals surface area contributed by atoms with Gasteiger partial charge in [-0.05, 0) is 39.7 Å². The van der Waals surface area contributed by atoms with Gasteiger partial charge in [-0.3, -0.25) is 9.69 Å². The molecule has 0 spiro atoms. The molecular weight excluding hydrogens is 362 g/mol. The van der Waals surface area contributed by atoms with Gasteiger partial charge < -0.3 is 14.4 Å². The summed E-state index contributed by atoms with van der Waals surface area (Å²) in [6.07, 6.45) is 1.70. The van der Waals surface area contributed by atoms with E-state index in [1.807, 2.05) is 23.2 Å². The molecule has 0 aliphatic carbocycles. The molecule has 0 aromatic carbocycles. The Morgan fingerprint density at radius 1 is 1.44 bits per heavy atom. The summed E-state index contributed by atoms with van der Waals surface area (Å²) in [5, 5.41) is 1.15. The van der Waals surface area contributed by atoms with E-state index in [9.17, 15) is 4.79 Å². The number of aromatic nitrogens is 1. The first-order valence-corrected chi connectivity index (χ1v) is 10.9. The van der Waals surface area contributed by atoms with Crippen LogP contribution in [0.4, 0.5) is 0 Å². The number of hydrogen-bond acceptors (Lipinski definition) is 6. The van der Waals surface area contributed by atoms with Gasteiger partial charge >= 0.3 is 0 Å². The molecule has 1 aromatic heterocycles. The predicted molar refractivity (Wildman–Crippen MR) is 107 cm³/mol. The van der Waals surface area contributed by atoms with Crippen molar-refractivity contribution in [2.24, 2.45) is 11.8 Å². The van der Waals surface area contributed by atoms with Crippen molar-refractivity contribution in [3.8, 4) is 0 Å². The number of methoxy groups -OCH3 is 1. The van der Waals surface area contributed by atoms with Gasteiger partial charge in [0.15, 0.2) is 0 Å². The second kappa shape index (κ2) is 9.45. The Kier molecular flexibility index (Phi) is 7.25. The van der Waals surface area contributed by atoms with Crippen LogP contribution < -0.4 is 0 Å². The van der Waals surface area contributed by atoms with Crippen molar-refractivity contribution in [3.05, 3.63) is 15.6 Å². The Morgan fingerprint density at radius 3 is 2.93 bits per heavy atom. The third-order valence-electron chi connectivity index (χ3n) is 5.92. The number of nitrogens with zero attached hydrogens (tertiary/aromatic N) is 3. The van der Waals surface area contributed by atoms with Gasteiger partial charge in [0.05, 0.1) is 36.4 Å². The van der Waals surface area contributed by atoms with Gasteiger partial charge in [0, 0.05) is 44.1 Å². The molecule has 2 aliphatic rings. The number of carbonyl (C=O) groups excluding carboxylic acids is 1. The highest BCUT2D eigenvalue weighted by Crippen LogP contribution is 2.37. The van der Waals surface area contributed by atoms with E-state index in [0.717, 1.165) is 44.2 Å².